The van der Waals surface area contributed by atoms with E-state index in [1.807, 2.05) is 36.4 Å². The molecule has 1 N–H and O–H groups in total. The molecule has 0 aliphatic carbocycles. The molecule has 0 aromatic heterocycles. The average Bonchev–Trinajstić information content (AvgIpc) is 3.00. The number of halogens is 1. The molecule has 1 aliphatic heterocycles. The zero-order valence-electron chi connectivity index (χ0n) is 12.2. The Hall–Kier alpha value is -1.65. The minimum absolute atomic E-state index is 0.0413. The Kier molecular flexibility index (Phi) is 4.60. The third-order valence-corrected chi connectivity index (χ3v) is 4.95. The second-order valence-corrected chi connectivity index (χ2v) is 6.42. The van der Waals surface area contributed by atoms with Crippen molar-refractivity contribution < 1.29 is 9.90 Å². The van der Waals surface area contributed by atoms with Gasteiger partial charge in [-0.25, -0.2) is 0 Å². The summed E-state index contributed by atoms with van der Waals surface area (Å²) in [5, 5.41) is 9.54. The van der Waals surface area contributed by atoms with Gasteiger partial charge in [-0.15, -0.1) is 0 Å². The van der Waals surface area contributed by atoms with Gasteiger partial charge in [0.1, 0.15) is 6.04 Å². The lowest BCUT2D eigenvalue weighted by molar-refractivity contribution is -0.142. The van der Waals surface area contributed by atoms with E-state index in [1.165, 1.54) is 0 Å². The van der Waals surface area contributed by atoms with Gasteiger partial charge in [-0.05, 0) is 30.0 Å². The summed E-state index contributed by atoms with van der Waals surface area (Å²) >= 11 is 3.62. The fourth-order valence-corrected chi connectivity index (χ4v) is 3.75. The Morgan fingerprint density at radius 1 is 1.14 bits per heavy atom. The lowest BCUT2D eigenvalue weighted by Gasteiger charge is -2.32. The number of nitrogens with zero attached hydrogens (tertiary/aromatic N) is 1. The van der Waals surface area contributed by atoms with Crippen molar-refractivity contribution in [1.82, 2.24) is 4.90 Å². The van der Waals surface area contributed by atoms with Gasteiger partial charge in [-0.2, -0.15) is 0 Å². The second-order valence-electron chi connectivity index (χ2n) is 5.57. The Balaban J connectivity index is 2.08. The van der Waals surface area contributed by atoms with Crippen LogP contribution >= 0.6 is 15.9 Å². The van der Waals surface area contributed by atoms with Crippen molar-refractivity contribution in [3.63, 3.8) is 0 Å². The molecule has 3 rings (SSSR count). The number of rotatable bonds is 4. The predicted molar refractivity (Wildman–Crippen MR) is 89.8 cm³/mol. The number of carboxylic acid groups (broad SMARTS) is 1. The normalized spacial score (nSPS) is 20.0. The van der Waals surface area contributed by atoms with E-state index >= 15 is 0 Å². The summed E-state index contributed by atoms with van der Waals surface area (Å²) in [5.74, 6) is -0.731. The second kappa shape index (κ2) is 6.63. The quantitative estimate of drug-likeness (QED) is 0.893. The van der Waals surface area contributed by atoms with Crippen LogP contribution in [0.2, 0.25) is 0 Å². The Morgan fingerprint density at radius 3 is 2.50 bits per heavy atom. The first-order chi connectivity index (χ1) is 10.7. The molecule has 1 fully saturated rings. The zero-order chi connectivity index (χ0) is 15.5. The highest BCUT2D eigenvalue weighted by Crippen LogP contribution is 2.37. The molecule has 2 aromatic rings. The maximum atomic E-state index is 11.6. The molecule has 2 atom stereocenters. The molecule has 2 aromatic carbocycles. The smallest absolute Gasteiger partial charge is 0.320 e. The number of benzene rings is 2. The monoisotopic (exact) mass is 359 g/mol. The van der Waals surface area contributed by atoms with Crippen molar-refractivity contribution >= 4 is 21.9 Å². The fourth-order valence-electron chi connectivity index (χ4n) is 3.25. The summed E-state index contributed by atoms with van der Waals surface area (Å²) in [7, 11) is 0. The van der Waals surface area contributed by atoms with E-state index in [-0.39, 0.29) is 6.04 Å². The van der Waals surface area contributed by atoms with E-state index in [4.69, 9.17) is 0 Å². The molecular weight excluding hydrogens is 342 g/mol. The first-order valence-corrected chi connectivity index (χ1v) is 8.25. The van der Waals surface area contributed by atoms with Gasteiger partial charge in [-0.1, -0.05) is 64.5 Å². The van der Waals surface area contributed by atoms with Gasteiger partial charge in [-0.3, -0.25) is 9.69 Å². The third kappa shape index (κ3) is 2.94. The lowest BCUT2D eigenvalue weighted by Crippen LogP contribution is -2.39. The van der Waals surface area contributed by atoms with E-state index < -0.39 is 12.0 Å². The number of likely N-dealkylation sites (tertiary alicyclic amines) is 1. The van der Waals surface area contributed by atoms with Gasteiger partial charge >= 0.3 is 5.97 Å². The summed E-state index contributed by atoms with van der Waals surface area (Å²) in [5.41, 5.74) is 2.24. The molecule has 0 amide bonds. The fraction of sp³-hybridized carbons (Fsp3) is 0.278. The molecule has 22 heavy (non-hydrogen) atoms. The van der Waals surface area contributed by atoms with E-state index in [2.05, 4.69) is 39.0 Å². The van der Waals surface area contributed by atoms with Crippen LogP contribution in [-0.2, 0) is 4.79 Å². The van der Waals surface area contributed by atoms with Gasteiger partial charge in [0.15, 0.2) is 0 Å². The predicted octanol–water partition coefficient (Wildman–Crippen LogP) is 4.09. The van der Waals surface area contributed by atoms with Crippen LogP contribution in [0.3, 0.4) is 0 Å². The Morgan fingerprint density at radius 2 is 1.82 bits per heavy atom. The molecule has 1 heterocycles. The van der Waals surface area contributed by atoms with Crippen LogP contribution in [0.4, 0.5) is 0 Å². The zero-order valence-corrected chi connectivity index (χ0v) is 13.7. The topological polar surface area (TPSA) is 40.5 Å². The SMILES string of the molecule is O=C(O)C1CCCN1C(c1ccccc1)c1ccccc1Br. The minimum atomic E-state index is -0.731. The van der Waals surface area contributed by atoms with Crippen LogP contribution in [-0.4, -0.2) is 28.6 Å². The molecular formula is C18H18BrNO2. The summed E-state index contributed by atoms with van der Waals surface area (Å²) in [6.07, 6.45) is 1.63. The van der Waals surface area contributed by atoms with Crippen molar-refractivity contribution in [3.05, 3.63) is 70.2 Å². The van der Waals surface area contributed by atoms with Crippen molar-refractivity contribution in [2.24, 2.45) is 0 Å². The minimum Gasteiger partial charge on any atom is -0.480 e. The maximum absolute atomic E-state index is 11.6. The summed E-state index contributed by atoms with van der Waals surface area (Å²) in [4.78, 5) is 13.7. The van der Waals surface area contributed by atoms with Gasteiger partial charge in [0, 0.05) is 11.0 Å². The van der Waals surface area contributed by atoms with E-state index in [9.17, 15) is 9.90 Å². The summed E-state index contributed by atoms with van der Waals surface area (Å²) < 4.78 is 1.01. The van der Waals surface area contributed by atoms with Gasteiger partial charge in [0.25, 0.3) is 0 Å². The molecule has 3 nitrogen and oxygen atoms in total. The highest BCUT2D eigenvalue weighted by molar-refractivity contribution is 9.10. The van der Waals surface area contributed by atoms with Crippen LogP contribution in [0.15, 0.2) is 59.1 Å². The molecule has 1 aliphatic rings. The Labute approximate surface area is 138 Å². The Bertz CT molecular complexity index is 659. The number of aliphatic carboxylic acids is 1. The largest absolute Gasteiger partial charge is 0.480 e. The van der Waals surface area contributed by atoms with Crippen LogP contribution in [0.25, 0.3) is 0 Å². The summed E-state index contributed by atoms with van der Waals surface area (Å²) in [6.45, 7) is 0.803. The highest BCUT2D eigenvalue weighted by Gasteiger charge is 2.37. The number of carbonyl (C=O) groups is 1. The van der Waals surface area contributed by atoms with Crippen molar-refractivity contribution in [2.45, 2.75) is 24.9 Å². The van der Waals surface area contributed by atoms with Crippen LogP contribution < -0.4 is 0 Å². The molecule has 0 bridgehead atoms. The molecule has 2 unspecified atom stereocenters. The van der Waals surface area contributed by atoms with E-state index in [1.54, 1.807) is 0 Å². The number of carboxylic acids is 1. The first-order valence-electron chi connectivity index (χ1n) is 7.46. The number of hydrogen-bond acceptors (Lipinski definition) is 2. The first kappa shape index (κ1) is 15.3. The summed E-state index contributed by atoms with van der Waals surface area (Å²) in [6, 6.07) is 17.7. The number of hydrogen-bond donors (Lipinski definition) is 1. The molecule has 0 radical (unpaired) electrons. The van der Waals surface area contributed by atoms with Crippen LogP contribution in [0.5, 0.6) is 0 Å². The average molecular weight is 360 g/mol. The molecule has 0 spiro atoms. The van der Waals surface area contributed by atoms with E-state index in [0.29, 0.717) is 6.42 Å². The van der Waals surface area contributed by atoms with E-state index in [0.717, 1.165) is 28.6 Å². The highest BCUT2D eigenvalue weighted by atomic mass is 79.9. The molecule has 1 saturated heterocycles. The molecule has 4 heteroatoms. The van der Waals surface area contributed by atoms with Crippen molar-refractivity contribution in [2.75, 3.05) is 6.54 Å². The molecule has 0 saturated carbocycles. The van der Waals surface area contributed by atoms with Gasteiger partial charge in [0.2, 0.25) is 0 Å². The third-order valence-electron chi connectivity index (χ3n) is 4.23. The van der Waals surface area contributed by atoms with Crippen molar-refractivity contribution in [3.8, 4) is 0 Å². The van der Waals surface area contributed by atoms with Gasteiger partial charge in [0.05, 0.1) is 6.04 Å². The molecule has 114 valence electrons. The standard InChI is InChI=1S/C18H18BrNO2/c19-15-10-5-4-9-14(15)17(13-7-2-1-3-8-13)20-12-6-11-16(20)18(21)22/h1-5,7-10,16-17H,6,11-12H2,(H,21,22). The van der Waals surface area contributed by atoms with Gasteiger partial charge < -0.3 is 5.11 Å². The lowest BCUT2D eigenvalue weighted by atomic mass is 9.96. The van der Waals surface area contributed by atoms with Crippen LogP contribution in [0.1, 0.15) is 30.0 Å². The maximum Gasteiger partial charge on any atom is 0.320 e. The van der Waals surface area contributed by atoms with Crippen molar-refractivity contribution in [1.29, 1.82) is 0 Å². The van der Waals surface area contributed by atoms with Crippen LogP contribution in [0, 0.1) is 0 Å².